The van der Waals surface area contributed by atoms with E-state index in [2.05, 4.69) is 0 Å². The van der Waals surface area contributed by atoms with Crippen molar-refractivity contribution in [3.05, 3.63) is 0 Å². The average Bonchev–Trinajstić information content (AvgIpc) is 2.67. The Hall–Kier alpha value is -1.30. The van der Waals surface area contributed by atoms with E-state index in [1.54, 1.807) is 13.8 Å². The largest absolute Gasteiger partial charge is 0.406 e. The molecule has 0 radical (unpaired) electrons. The van der Waals surface area contributed by atoms with Crippen LogP contribution in [0.1, 0.15) is 26.7 Å². The molecule has 0 fully saturated rings. The number of carbonyl (C=O) groups is 2. The summed E-state index contributed by atoms with van der Waals surface area (Å²) in [6.07, 6.45) is -0.533. The SMILES string of the molecule is CCOCC(OC)(OC)OC(=O)CCC(=O)OC(COCC)(OC)OC. The van der Waals surface area contributed by atoms with E-state index in [4.69, 9.17) is 37.9 Å². The van der Waals surface area contributed by atoms with E-state index in [-0.39, 0.29) is 26.1 Å². The number of hydrogen-bond acceptors (Lipinski definition) is 10. The van der Waals surface area contributed by atoms with Gasteiger partial charge in [0.25, 0.3) is 0 Å². The first-order valence-electron chi connectivity index (χ1n) is 8.16. The van der Waals surface area contributed by atoms with Crippen molar-refractivity contribution in [1.29, 1.82) is 0 Å². The smallest absolute Gasteiger partial charge is 0.353 e. The van der Waals surface area contributed by atoms with Gasteiger partial charge in [0.05, 0.1) is 12.8 Å². The van der Waals surface area contributed by atoms with Crippen LogP contribution in [0.15, 0.2) is 0 Å². The lowest BCUT2D eigenvalue weighted by molar-refractivity contribution is -0.362. The van der Waals surface area contributed by atoms with Crippen LogP contribution in [0.2, 0.25) is 0 Å². The summed E-state index contributed by atoms with van der Waals surface area (Å²) < 4.78 is 40.9. The molecule has 0 saturated carbocycles. The molecule has 0 aliphatic carbocycles. The standard InChI is InChI=1S/C16H30O10/c1-7-23-11-15(19-3,20-4)25-13(17)9-10-14(18)26-16(21-5,22-6)12-24-8-2/h7-12H2,1-6H3. The number of methoxy groups -OCH3 is 4. The summed E-state index contributed by atoms with van der Waals surface area (Å²) in [6.45, 7) is 4.08. The van der Waals surface area contributed by atoms with E-state index in [9.17, 15) is 9.59 Å². The van der Waals surface area contributed by atoms with Gasteiger partial charge in [-0.1, -0.05) is 0 Å². The minimum Gasteiger partial charge on any atom is -0.406 e. The Bertz CT molecular complexity index is 366. The van der Waals surface area contributed by atoms with Gasteiger partial charge in [0.15, 0.2) is 0 Å². The second kappa shape index (κ2) is 13.0. The molecule has 0 aromatic heterocycles. The minimum atomic E-state index is -1.67. The van der Waals surface area contributed by atoms with Gasteiger partial charge in [-0.05, 0) is 13.8 Å². The van der Waals surface area contributed by atoms with Crippen molar-refractivity contribution in [2.45, 2.75) is 38.6 Å². The quantitative estimate of drug-likeness (QED) is 0.298. The molecule has 0 unspecified atom stereocenters. The molecular formula is C16H30O10. The van der Waals surface area contributed by atoms with E-state index in [1.807, 2.05) is 0 Å². The fraction of sp³-hybridized carbons (Fsp3) is 0.875. The third-order valence-electron chi connectivity index (χ3n) is 3.28. The highest BCUT2D eigenvalue weighted by Crippen LogP contribution is 2.18. The molecule has 10 nitrogen and oxygen atoms in total. The normalized spacial score (nSPS) is 12.1. The van der Waals surface area contributed by atoms with Crippen LogP contribution in [0.3, 0.4) is 0 Å². The Labute approximate surface area is 153 Å². The zero-order chi connectivity index (χ0) is 20.1. The molecule has 0 heterocycles. The highest BCUT2D eigenvalue weighted by Gasteiger charge is 2.37. The maximum Gasteiger partial charge on any atom is 0.353 e. The van der Waals surface area contributed by atoms with Crippen LogP contribution in [-0.4, -0.2) is 78.8 Å². The molecule has 26 heavy (non-hydrogen) atoms. The summed E-state index contributed by atoms with van der Waals surface area (Å²) in [4.78, 5) is 24.0. The number of ether oxygens (including phenoxy) is 8. The first-order chi connectivity index (χ1) is 12.4. The highest BCUT2D eigenvalue weighted by molar-refractivity contribution is 5.77. The summed E-state index contributed by atoms with van der Waals surface area (Å²) in [5.41, 5.74) is 0. The Morgan fingerprint density at radius 3 is 1.19 bits per heavy atom. The first-order valence-corrected chi connectivity index (χ1v) is 8.16. The molecule has 0 N–H and O–H groups in total. The van der Waals surface area contributed by atoms with Crippen LogP contribution in [0.5, 0.6) is 0 Å². The Balaban J connectivity index is 4.61. The zero-order valence-electron chi connectivity index (χ0n) is 16.3. The van der Waals surface area contributed by atoms with E-state index in [0.717, 1.165) is 0 Å². The molecule has 0 spiro atoms. The minimum absolute atomic E-state index is 0.114. The van der Waals surface area contributed by atoms with E-state index in [1.165, 1.54) is 28.4 Å². The van der Waals surface area contributed by atoms with Crippen molar-refractivity contribution in [2.75, 3.05) is 54.9 Å². The molecule has 0 atom stereocenters. The average molecular weight is 382 g/mol. The van der Waals surface area contributed by atoms with Crippen molar-refractivity contribution in [3.63, 3.8) is 0 Å². The molecule has 0 rings (SSSR count). The summed E-state index contributed by atoms with van der Waals surface area (Å²) in [6, 6.07) is 0. The predicted octanol–water partition coefficient (Wildman–Crippen LogP) is 0.819. The molecular weight excluding hydrogens is 352 g/mol. The number of hydrogen-bond donors (Lipinski definition) is 0. The molecule has 0 saturated heterocycles. The van der Waals surface area contributed by atoms with Crippen LogP contribution < -0.4 is 0 Å². The zero-order valence-corrected chi connectivity index (χ0v) is 16.3. The molecule has 0 aromatic carbocycles. The third kappa shape index (κ3) is 8.39. The summed E-state index contributed by atoms with van der Waals surface area (Å²) in [7, 11) is 5.24. The van der Waals surface area contributed by atoms with Gasteiger partial charge in [0, 0.05) is 41.7 Å². The lowest BCUT2D eigenvalue weighted by atomic mass is 10.3. The molecule has 0 amide bonds. The third-order valence-corrected chi connectivity index (χ3v) is 3.28. The van der Waals surface area contributed by atoms with Gasteiger partial charge in [-0.15, -0.1) is 0 Å². The topological polar surface area (TPSA) is 108 Å². The number of carbonyl (C=O) groups excluding carboxylic acids is 2. The van der Waals surface area contributed by atoms with Crippen LogP contribution in [-0.2, 0) is 47.5 Å². The van der Waals surface area contributed by atoms with Crippen LogP contribution in [0.25, 0.3) is 0 Å². The van der Waals surface area contributed by atoms with Crippen molar-refractivity contribution in [1.82, 2.24) is 0 Å². The maximum absolute atomic E-state index is 12.0. The lowest BCUT2D eigenvalue weighted by Crippen LogP contribution is -2.44. The fourth-order valence-corrected chi connectivity index (χ4v) is 1.74. The van der Waals surface area contributed by atoms with Gasteiger partial charge in [0.1, 0.15) is 13.2 Å². The first kappa shape index (κ1) is 24.7. The van der Waals surface area contributed by atoms with Gasteiger partial charge < -0.3 is 37.9 Å². The van der Waals surface area contributed by atoms with E-state index >= 15 is 0 Å². The lowest BCUT2D eigenvalue weighted by Gasteiger charge is -2.30. The molecule has 0 bridgehead atoms. The highest BCUT2D eigenvalue weighted by atomic mass is 16.9. The second-order valence-electron chi connectivity index (χ2n) is 4.90. The van der Waals surface area contributed by atoms with Gasteiger partial charge in [-0.2, -0.15) is 0 Å². The molecule has 154 valence electrons. The van der Waals surface area contributed by atoms with Crippen LogP contribution in [0.4, 0.5) is 0 Å². The fourth-order valence-electron chi connectivity index (χ4n) is 1.74. The monoisotopic (exact) mass is 382 g/mol. The number of rotatable bonds is 15. The Morgan fingerprint density at radius 2 is 0.962 bits per heavy atom. The van der Waals surface area contributed by atoms with Gasteiger partial charge >= 0.3 is 23.9 Å². The van der Waals surface area contributed by atoms with E-state index in [0.29, 0.717) is 13.2 Å². The van der Waals surface area contributed by atoms with Gasteiger partial charge in [-0.25, -0.2) is 0 Å². The maximum atomic E-state index is 12.0. The van der Waals surface area contributed by atoms with Crippen LogP contribution >= 0.6 is 0 Å². The van der Waals surface area contributed by atoms with Crippen molar-refractivity contribution in [2.24, 2.45) is 0 Å². The summed E-state index contributed by atoms with van der Waals surface area (Å²) in [5.74, 6) is -4.80. The summed E-state index contributed by atoms with van der Waals surface area (Å²) >= 11 is 0. The molecule has 0 aliphatic rings. The summed E-state index contributed by atoms with van der Waals surface area (Å²) in [5, 5.41) is 0. The Morgan fingerprint density at radius 1 is 0.654 bits per heavy atom. The van der Waals surface area contributed by atoms with Crippen molar-refractivity contribution in [3.8, 4) is 0 Å². The van der Waals surface area contributed by atoms with Gasteiger partial charge in [0.2, 0.25) is 0 Å². The van der Waals surface area contributed by atoms with Gasteiger partial charge in [-0.3, -0.25) is 9.59 Å². The van der Waals surface area contributed by atoms with Crippen molar-refractivity contribution >= 4 is 11.9 Å². The van der Waals surface area contributed by atoms with Crippen LogP contribution in [0, 0.1) is 0 Å². The number of esters is 2. The Kier molecular flexibility index (Phi) is 12.3. The van der Waals surface area contributed by atoms with Crippen molar-refractivity contribution < 1.29 is 47.5 Å². The molecule has 10 heteroatoms. The molecule has 0 aliphatic heterocycles. The second-order valence-corrected chi connectivity index (χ2v) is 4.90. The molecule has 0 aromatic rings. The van der Waals surface area contributed by atoms with E-state index < -0.39 is 23.9 Å². The predicted molar refractivity (Wildman–Crippen MR) is 87.9 cm³/mol.